The number of halogens is 3. The fraction of sp³-hybridized carbons (Fsp3) is 0.167. The van der Waals surface area contributed by atoms with Crippen LogP contribution in [0.5, 0.6) is 0 Å². The van der Waals surface area contributed by atoms with Crippen molar-refractivity contribution in [2.45, 2.75) is 12.5 Å². The maximum absolute atomic E-state index is 6.17. The highest BCUT2D eigenvalue weighted by molar-refractivity contribution is 9.11. The summed E-state index contributed by atoms with van der Waals surface area (Å²) >= 11 is 14.4. The number of hydrogen-bond donors (Lipinski definition) is 1. The van der Waals surface area contributed by atoms with Crippen LogP contribution >= 0.6 is 54.8 Å². The number of hydrogen-bond acceptors (Lipinski definition) is 2. The lowest BCUT2D eigenvalue weighted by Crippen LogP contribution is -2.11. The minimum atomic E-state index is -0.00928. The highest BCUT2D eigenvalue weighted by atomic mass is 79.9. The van der Waals surface area contributed by atoms with Crippen LogP contribution in [-0.4, -0.2) is 0 Å². The van der Waals surface area contributed by atoms with Gasteiger partial charge in [-0.25, -0.2) is 0 Å². The molecule has 5 heteroatoms. The smallest absolute Gasteiger partial charge is 0.0887 e. The van der Waals surface area contributed by atoms with Crippen molar-refractivity contribution in [1.29, 1.82) is 0 Å². The maximum Gasteiger partial charge on any atom is 0.0887 e. The molecular weight excluding hydrogens is 385 g/mol. The Bertz CT molecular complexity index is 490. The van der Waals surface area contributed by atoms with E-state index in [0.29, 0.717) is 0 Å². The van der Waals surface area contributed by atoms with Gasteiger partial charge in [0.2, 0.25) is 0 Å². The quantitative estimate of drug-likeness (QED) is 0.762. The Morgan fingerprint density at radius 1 is 1.24 bits per heavy atom. The first kappa shape index (κ1) is 13.6. The van der Waals surface area contributed by atoms with Gasteiger partial charge in [-0.3, -0.25) is 0 Å². The molecule has 0 aliphatic heterocycles. The molecule has 2 aromatic rings. The summed E-state index contributed by atoms with van der Waals surface area (Å²) in [4.78, 5) is 1.10. The van der Waals surface area contributed by atoms with E-state index in [2.05, 4.69) is 44.0 Å². The van der Waals surface area contributed by atoms with Gasteiger partial charge in [-0.1, -0.05) is 39.7 Å². The summed E-state index contributed by atoms with van der Waals surface area (Å²) in [5, 5.41) is 0.733. The van der Waals surface area contributed by atoms with Crippen molar-refractivity contribution in [3.8, 4) is 0 Å². The Morgan fingerprint density at radius 3 is 2.41 bits per heavy atom. The molecule has 0 saturated carbocycles. The van der Waals surface area contributed by atoms with Gasteiger partial charge in [-0.05, 0) is 46.1 Å². The summed E-state index contributed by atoms with van der Waals surface area (Å²) < 4.78 is 2.03. The van der Waals surface area contributed by atoms with Gasteiger partial charge in [0.1, 0.15) is 0 Å². The van der Waals surface area contributed by atoms with Gasteiger partial charge < -0.3 is 5.73 Å². The second-order valence-corrected chi connectivity index (χ2v) is 7.43. The second-order valence-electron chi connectivity index (χ2n) is 3.71. The predicted molar refractivity (Wildman–Crippen MR) is 81.8 cm³/mol. The maximum atomic E-state index is 6.17. The normalized spacial score (nSPS) is 12.7. The zero-order valence-electron chi connectivity index (χ0n) is 8.79. The lowest BCUT2D eigenvalue weighted by Gasteiger charge is -2.09. The molecule has 2 rings (SSSR count). The highest BCUT2D eigenvalue weighted by Crippen LogP contribution is 2.35. The molecule has 0 aliphatic rings. The second kappa shape index (κ2) is 5.85. The molecule has 0 amide bonds. The van der Waals surface area contributed by atoms with Crippen molar-refractivity contribution >= 4 is 54.8 Å². The fourth-order valence-corrected chi connectivity index (χ4v) is 3.53. The Kier molecular flexibility index (Phi) is 4.66. The third-order valence-corrected chi connectivity index (χ3v) is 5.53. The fourth-order valence-electron chi connectivity index (χ4n) is 1.52. The van der Waals surface area contributed by atoms with E-state index in [1.807, 2.05) is 18.2 Å². The first-order valence-electron chi connectivity index (χ1n) is 5.01. The molecule has 2 N–H and O–H groups in total. The lowest BCUT2D eigenvalue weighted by molar-refractivity contribution is 0.736. The summed E-state index contributed by atoms with van der Waals surface area (Å²) in [5.41, 5.74) is 7.39. The molecule has 1 unspecified atom stereocenters. The van der Waals surface area contributed by atoms with E-state index in [-0.39, 0.29) is 6.04 Å². The third-order valence-electron chi connectivity index (χ3n) is 2.40. The zero-order chi connectivity index (χ0) is 12.4. The molecule has 90 valence electrons. The Morgan fingerprint density at radius 2 is 1.88 bits per heavy atom. The lowest BCUT2D eigenvalue weighted by atomic mass is 10.1. The van der Waals surface area contributed by atoms with Gasteiger partial charge in [0.25, 0.3) is 0 Å². The molecular formula is C12H10Br2ClNS. The Hall–Kier alpha value is 0.130. The van der Waals surface area contributed by atoms with Crippen LogP contribution in [-0.2, 0) is 6.42 Å². The van der Waals surface area contributed by atoms with Crippen LogP contribution in [0, 0.1) is 0 Å². The van der Waals surface area contributed by atoms with Crippen molar-refractivity contribution in [3.05, 3.63) is 54.1 Å². The predicted octanol–water partition coefficient (Wildman–Crippen LogP) is 5.17. The summed E-state index contributed by atoms with van der Waals surface area (Å²) in [5.74, 6) is 0. The molecule has 17 heavy (non-hydrogen) atoms. The van der Waals surface area contributed by atoms with Crippen LogP contribution in [0.4, 0.5) is 0 Å². The molecule has 0 fully saturated rings. The van der Waals surface area contributed by atoms with Gasteiger partial charge in [0.05, 0.1) is 8.81 Å². The SMILES string of the molecule is NC(Cc1ccc(Br)cc1)c1cc(Cl)c(Br)s1. The first-order valence-corrected chi connectivity index (χ1v) is 7.79. The van der Waals surface area contributed by atoms with Crippen molar-refractivity contribution < 1.29 is 0 Å². The Balaban J connectivity index is 2.11. The van der Waals surface area contributed by atoms with Crippen LogP contribution in [0.2, 0.25) is 5.02 Å². The summed E-state index contributed by atoms with van der Waals surface area (Å²) in [6.45, 7) is 0. The molecule has 1 atom stereocenters. The monoisotopic (exact) mass is 393 g/mol. The van der Waals surface area contributed by atoms with Gasteiger partial charge in [-0.15, -0.1) is 11.3 Å². The molecule has 0 radical (unpaired) electrons. The number of nitrogens with two attached hydrogens (primary N) is 1. The number of thiophene rings is 1. The topological polar surface area (TPSA) is 26.0 Å². The molecule has 1 aromatic heterocycles. The van der Waals surface area contributed by atoms with E-state index >= 15 is 0 Å². The first-order chi connectivity index (χ1) is 8.06. The van der Waals surface area contributed by atoms with E-state index in [9.17, 15) is 0 Å². The van der Waals surface area contributed by atoms with Crippen LogP contribution in [0.25, 0.3) is 0 Å². The van der Waals surface area contributed by atoms with Gasteiger partial charge >= 0.3 is 0 Å². The van der Waals surface area contributed by atoms with Crippen molar-refractivity contribution in [1.82, 2.24) is 0 Å². The van der Waals surface area contributed by atoms with Crippen LogP contribution in [0.3, 0.4) is 0 Å². The summed E-state index contributed by atoms with van der Waals surface area (Å²) in [7, 11) is 0. The van der Waals surface area contributed by atoms with Gasteiger partial charge in [-0.2, -0.15) is 0 Å². The van der Waals surface area contributed by atoms with Crippen molar-refractivity contribution in [2.24, 2.45) is 5.73 Å². The van der Waals surface area contributed by atoms with Crippen molar-refractivity contribution in [3.63, 3.8) is 0 Å². The summed E-state index contributed by atoms with van der Waals surface area (Å²) in [6.07, 6.45) is 0.816. The van der Waals surface area contributed by atoms with Gasteiger partial charge in [0, 0.05) is 15.4 Å². The zero-order valence-corrected chi connectivity index (χ0v) is 13.5. The largest absolute Gasteiger partial charge is 0.323 e. The molecule has 1 aromatic carbocycles. The average Bonchev–Trinajstić information content (AvgIpc) is 2.63. The number of rotatable bonds is 3. The minimum Gasteiger partial charge on any atom is -0.323 e. The average molecular weight is 396 g/mol. The van der Waals surface area contributed by atoms with E-state index < -0.39 is 0 Å². The number of benzene rings is 1. The van der Waals surface area contributed by atoms with Crippen LogP contribution in [0.1, 0.15) is 16.5 Å². The molecule has 0 aliphatic carbocycles. The molecule has 0 saturated heterocycles. The highest BCUT2D eigenvalue weighted by Gasteiger charge is 2.12. The van der Waals surface area contributed by atoms with E-state index in [1.54, 1.807) is 11.3 Å². The Labute approximate surface area is 126 Å². The van der Waals surface area contributed by atoms with Crippen LogP contribution < -0.4 is 5.73 Å². The van der Waals surface area contributed by atoms with Gasteiger partial charge in [0.15, 0.2) is 0 Å². The van der Waals surface area contributed by atoms with E-state index in [1.165, 1.54) is 5.56 Å². The third kappa shape index (κ3) is 3.55. The minimum absolute atomic E-state index is 0.00928. The summed E-state index contributed by atoms with van der Waals surface area (Å²) in [6, 6.07) is 10.1. The van der Waals surface area contributed by atoms with E-state index in [0.717, 1.165) is 24.6 Å². The molecule has 0 spiro atoms. The van der Waals surface area contributed by atoms with Crippen LogP contribution in [0.15, 0.2) is 38.6 Å². The van der Waals surface area contributed by atoms with Crippen molar-refractivity contribution in [2.75, 3.05) is 0 Å². The molecule has 1 nitrogen and oxygen atoms in total. The standard InChI is InChI=1S/C12H10Br2ClNS/c13-8-3-1-7(2-4-8)5-10(16)11-6-9(15)12(14)17-11/h1-4,6,10H,5,16H2. The van der Waals surface area contributed by atoms with E-state index in [4.69, 9.17) is 17.3 Å². The molecule has 0 bridgehead atoms. The molecule has 1 heterocycles.